The number of nitrogens with zero attached hydrogens (tertiary/aromatic N) is 3. The van der Waals surface area contributed by atoms with Crippen molar-refractivity contribution in [1.29, 1.82) is 0 Å². The first kappa shape index (κ1) is 16.8. The van der Waals surface area contributed by atoms with E-state index in [2.05, 4.69) is 11.6 Å². The molecule has 0 aromatic rings. The molecular formula is C13H18IN3O3. The number of rotatable bonds is 5. The fourth-order valence-electron chi connectivity index (χ4n) is 1.89. The van der Waals surface area contributed by atoms with Gasteiger partial charge in [-0.2, -0.15) is 0 Å². The average molecular weight is 391 g/mol. The van der Waals surface area contributed by atoms with Crippen LogP contribution in [0.4, 0.5) is 0 Å². The molecule has 1 heterocycles. The number of aliphatic carboxylic acids is 1. The topological polar surface area (TPSA) is 73.2 Å². The number of hydrogen-bond donors (Lipinski definition) is 1. The maximum Gasteiger partial charge on any atom is 0.320 e. The minimum Gasteiger partial charge on any atom is -0.480 e. The molecule has 0 aromatic heterocycles. The van der Waals surface area contributed by atoms with Crippen molar-refractivity contribution >= 4 is 40.7 Å². The maximum absolute atomic E-state index is 12.1. The first-order valence-corrected chi connectivity index (χ1v) is 7.26. The third-order valence-corrected chi connectivity index (χ3v) is 3.38. The molecule has 6 nitrogen and oxygen atoms in total. The normalized spacial score (nSPS) is 19.4. The van der Waals surface area contributed by atoms with E-state index < -0.39 is 12.0 Å². The molecule has 1 aliphatic rings. The first-order valence-electron chi connectivity index (χ1n) is 6.18. The van der Waals surface area contributed by atoms with Gasteiger partial charge < -0.3 is 10.0 Å². The zero-order valence-electron chi connectivity index (χ0n) is 11.5. The van der Waals surface area contributed by atoms with E-state index in [1.54, 1.807) is 29.0 Å². The van der Waals surface area contributed by atoms with Crippen LogP contribution in [0.2, 0.25) is 0 Å². The van der Waals surface area contributed by atoms with Crippen molar-refractivity contribution < 1.29 is 14.7 Å². The van der Waals surface area contributed by atoms with Crippen LogP contribution in [-0.4, -0.2) is 58.7 Å². The number of carbonyl (C=O) groups is 2. The summed E-state index contributed by atoms with van der Waals surface area (Å²) in [5.41, 5.74) is 0.704. The Bertz CT molecular complexity index is 473. The van der Waals surface area contributed by atoms with E-state index in [0.29, 0.717) is 22.5 Å². The lowest BCUT2D eigenvalue weighted by molar-refractivity contribution is -0.145. The molecule has 1 N–H and O–H groups in total. The van der Waals surface area contributed by atoms with E-state index in [4.69, 9.17) is 5.11 Å². The highest BCUT2D eigenvalue weighted by Gasteiger charge is 2.30. The van der Waals surface area contributed by atoms with Crippen molar-refractivity contribution in [1.82, 2.24) is 9.80 Å². The summed E-state index contributed by atoms with van der Waals surface area (Å²) >= 11 is 1.99. The number of piperazine rings is 1. The molecule has 1 rings (SSSR count). The lowest BCUT2D eigenvalue weighted by atomic mass is 10.2. The molecule has 7 heteroatoms. The molecular weight excluding hydrogens is 373 g/mol. The third-order valence-electron chi connectivity index (χ3n) is 3.10. The summed E-state index contributed by atoms with van der Waals surface area (Å²) in [5.74, 6) is -1.04. The quantitative estimate of drug-likeness (QED) is 0.438. The van der Waals surface area contributed by atoms with Crippen LogP contribution in [0.15, 0.2) is 27.0 Å². The van der Waals surface area contributed by atoms with Crippen LogP contribution in [-0.2, 0) is 9.59 Å². The fraction of sp³-hybridized carbons (Fsp3) is 0.462. The van der Waals surface area contributed by atoms with Crippen LogP contribution in [0.1, 0.15) is 13.8 Å². The number of carbonyl (C=O) groups excluding carboxylic acids is 1. The molecule has 1 saturated heterocycles. The Labute approximate surface area is 132 Å². The molecule has 0 radical (unpaired) electrons. The Morgan fingerprint density at radius 2 is 2.20 bits per heavy atom. The molecule has 1 fully saturated rings. The summed E-state index contributed by atoms with van der Waals surface area (Å²) in [7, 11) is 0. The summed E-state index contributed by atoms with van der Waals surface area (Å²) in [6.45, 7) is 8.16. The number of halogens is 1. The second-order valence-corrected chi connectivity index (χ2v) is 5.62. The van der Waals surface area contributed by atoms with Gasteiger partial charge in [0.25, 0.3) is 0 Å². The molecule has 1 atom stereocenters. The Hall–Kier alpha value is -1.22. The van der Waals surface area contributed by atoms with Gasteiger partial charge in [0.15, 0.2) is 0 Å². The lowest BCUT2D eigenvalue weighted by Crippen LogP contribution is -2.54. The standard InChI is InChI=1S/C13H18IN3O3/c1-4-11(7-15-10(3)14)17-6-5-16(8-12(17)18)9(2)13(19)20/h4,7,9H,3,5-6,8H2,1-2H3,(H,19,20)/b11-4+,15-7-. The fourth-order valence-corrected chi connectivity index (χ4v) is 2.03. The highest BCUT2D eigenvalue weighted by Crippen LogP contribution is 2.13. The number of carboxylic acid groups (broad SMARTS) is 1. The Morgan fingerprint density at radius 3 is 2.65 bits per heavy atom. The second kappa shape index (κ2) is 7.53. The van der Waals surface area contributed by atoms with Crippen molar-refractivity contribution in [3.05, 3.63) is 22.1 Å². The molecule has 110 valence electrons. The molecule has 1 amide bonds. The largest absolute Gasteiger partial charge is 0.480 e. The van der Waals surface area contributed by atoms with Crippen LogP contribution in [0, 0.1) is 0 Å². The molecule has 0 aromatic carbocycles. The highest BCUT2D eigenvalue weighted by atomic mass is 127. The van der Waals surface area contributed by atoms with E-state index in [-0.39, 0.29) is 12.5 Å². The van der Waals surface area contributed by atoms with E-state index >= 15 is 0 Å². The van der Waals surface area contributed by atoms with Gasteiger partial charge in [-0.25, -0.2) is 4.99 Å². The zero-order chi connectivity index (χ0) is 15.3. The van der Waals surface area contributed by atoms with E-state index in [9.17, 15) is 9.59 Å². The third kappa shape index (κ3) is 4.41. The summed E-state index contributed by atoms with van der Waals surface area (Å²) < 4.78 is 0.632. The Kier molecular flexibility index (Phi) is 6.34. The minimum atomic E-state index is -0.916. The Morgan fingerprint density at radius 1 is 1.55 bits per heavy atom. The van der Waals surface area contributed by atoms with Crippen LogP contribution in [0.25, 0.3) is 0 Å². The van der Waals surface area contributed by atoms with Crippen molar-refractivity contribution in [3.8, 4) is 0 Å². The molecule has 0 aliphatic carbocycles. The van der Waals surface area contributed by atoms with Gasteiger partial charge in [-0.3, -0.25) is 14.5 Å². The van der Waals surface area contributed by atoms with Gasteiger partial charge in [0.2, 0.25) is 5.91 Å². The van der Waals surface area contributed by atoms with Crippen molar-refractivity contribution in [2.45, 2.75) is 19.9 Å². The lowest BCUT2D eigenvalue weighted by Gasteiger charge is -2.36. The summed E-state index contributed by atoms with van der Waals surface area (Å²) in [6, 6.07) is -0.655. The summed E-state index contributed by atoms with van der Waals surface area (Å²) in [4.78, 5) is 30.4. The number of aliphatic imine (C=N–C) groups is 1. The minimum absolute atomic E-state index is 0.101. The van der Waals surface area contributed by atoms with E-state index in [1.165, 1.54) is 0 Å². The van der Waals surface area contributed by atoms with Gasteiger partial charge in [-0.1, -0.05) is 12.7 Å². The molecule has 1 unspecified atom stereocenters. The Balaban J connectivity index is 2.75. The predicted molar refractivity (Wildman–Crippen MR) is 85.8 cm³/mol. The maximum atomic E-state index is 12.1. The molecule has 1 aliphatic heterocycles. The molecule has 0 bridgehead atoms. The number of allylic oxidation sites excluding steroid dienone is 2. The molecule has 0 saturated carbocycles. The van der Waals surface area contributed by atoms with Gasteiger partial charge in [0, 0.05) is 13.1 Å². The van der Waals surface area contributed by atoms with Crippen molar-refractivity contribution in [2.24, 2.45) is 4.99 Å². The molecule has 0 spiro atoms. The van der Waals surface area contributed by atoms with Crippen molar-refractivity contribution in [3.63, 3.8) is 0 Å². The number of amides is 1. The predicted octanol–water partition coefficient (Wildman–Crippen LogP) is 1.48. The average Bonchev–Trinajstić information content (AvgIpc) is 2.39. The SMILES string of the molecule is C=C(I)/N=C\C(=C/C)N1CCN(C(C)C(=O)O)CC1=O. The number of hydrogen-bond acceptors (Lipinski definition) is 4. The van der Waals surface area contributed by atoms with Gasteiger partial charge >= 0.3 is 5.97 Å². The summed E-state index contributed by atoms with van der Waals surface area (Å²) in [5, 5.41) is 8.98. The van der Waals surface area contributed by atoms with Gasteiger partial charge in [-0.05, 0) is 36.4 Å². The van der Waals surface area contributed by atoms with Crippen LogP contribution in [0.3, 0.4) is 0 Å². The summed E-state index contributed by atoms with van der Waals surface area (Å²) in [6.07, 6.45) is 3.40. The first-order chi connectivity index (χ1) is 9.36. The van der Waals surface area contributed by atoms with Gasteiger partial charge in [0.05, 0.1) is 22.2 Å². The highest BCUT2D eigenvalue weighted by molar-refractivity contribution is 14.1. The molecule has 20 heavy (non-hydrogen) atoms. The van der Waals surface area contributed by atoms with Gasteiger partial charge in [0.1, 0.15) is 6.04 Å². The van der Waals surface area contributed by atoms with E-state index in [1.807, 2.05) is 29.5 Å². The van der Waals surface area contributed by atoms with Gasteiger partial charge in [-0.15, -0.1) is 0 Å². The van der Waals surface area contributed by atoms with Crippen LogP contribution >= 0.6 is 22.6 Å². The zero-order valence-corrected chi connectivity index (χ0v) is 13.7. The monoisotopic (exact) mass is 391 g/mol. The smallest absolute Gasteiger partial charge is 0.320 e. The van der Waals surface area contributed by atoms with Crippen LogP contribution in [0.5, 0.6) is 0 Å². The second-order valence-electron chi connectivity index (χ2n) is 4.38. The van der Waals surface area contributed by atoms with Crippen LogP contribution < -0.4 is 0 Å². The van der Waals surface area contributed by atoms with E-state index in [0.717, 1.165) is 0 Å². The number of carboxylic acids is 1. The van der Waals surface area contributed by atoms with Crippen molar-refractivity contribution in [2.75, 3.05) is 19.6 Å².